The Balaban J connectivity index is 2.23. The van der Waals surface area contributed by atoms with Gasteiger partial charge in [-0.25, -0.2) is 0 Å². The molecule has 1 aliphatic rings. The van der Waals surface area contributed by atoms with Gasteiger partial charge in [-0.2, -0.15) is 0 Å². The lowest BCUT2D eigenvalue weighted by Gasteiger charge is -2.23. The van der Waals surface area contributed by atoms with Gasteiger partial charge in [0.2, 0.25) is 0 Å². The Morgan fingerprint density at radius 3 is 2.72 bits per heavy atom. The van der Waals surface area contributed by atoms with E-state index in [9.17, 15) is 14.9 Å². The zero-order valence-electron chi connectivity index (χ0n) is 9.51. The van der Waals surface area contributed by atoms with Crippen LogP contribution >= 0.6 is 11.6 Å². The maximum Gasteiger partial charge on any atom is 0.287 e. The summed E-state index contributed by atoms with van der Waals surface area (Å²) in [4.78, 5) is 23.8. The van der Waals surface area contributed by atoms with Gasteiger partial charge in [-0.3, -0.25) is 14.9 Å². The molecule has 0 unspecified atom stereocenters. The number of benzene rings is 1. The van der Waals surface area contributed by atoms with Crippen LogP contribution in [0.1, 0.15) is 16.8 Å². The molecule has 1 aromatic rings. The molecule has 1 amide bonds. The monoisotopic (exact) mass is 266 g/mol. The summed E-state index contributed by atoms with van der Waals surface area (Å²) < 4.78 is 0. The highest BCUT2D eigenvalue weighted by atomic mass is 35.5. The standard InChI is InChI=1S/C12H11ClN2O3/c13-10-8-9(4-5-11(10)15(17)18)12(16)14-6-2-1-3-7-14/h1-2,4-5,8H,3,6-7H2. The zero-order valence-corrected chi connectivity index (χ0v) is 10.3. The molecule has 0 spiro atoms. The van der Waals surface area contributed by atoms with Gasteiger partial charge in [0, 0.05) is 24.7 Å². The van der Waals surface area contributed by atoms with Crippen LogP contribution in [0, 0.1) is 10.1 Å². The maximum atomic E-state index is 12.1. The molecule has 0 aromatic heterocycles. The Hall–Kier alpha value is -1.88. The molecule has 0 saturated heterocycles. The third kappa shape index (κ3) is 2.51. The number of amides is 1. The smallest absolute Gasteiger partial charge is 0.287 e. The molecule has 0 bridgehead atoms. The largest absolute Gasteiger partial charge is 0.335 e. The van der Waals surface area contributed by atoms with Crippen molar-refractivity contribution in [3.63, 3.8) is 0 Å². The molecule has 1 aliphatic heterocycles. The summed E-state index contributed by atoms with van der Waals surface area (Å²) in [5, 5.41) is 10.6. The van der Waals surface area contributed by atoms with Crippen LogP contribution < -0.4 is 0 Å². The summed E-state index contributed by atoms with van der Waals surface area (Å²) in [7, 11) is 0. The van der Waals surface area contributed by atoms with Gasteiger partial charge in [0.15, 0.2) is 0 Å². The first-order valence-electron chi connectivity index (χ1n) is 5.48. The van der Waals surface area contributed by atoms with Gasteiger partial charge in [0.1, 0.15) is 5.02 Å². The minimum absolute atomic E-state index is 0.0154. The Kier molecular flexibility index (Phi) is 3.62. The van der Waals surface area contributed by atoms with Crippen LogP contribution in [0.3, 0.4) is 0 Å². The van der Waals surface area contributed by atoms with Crippen molar-refractivity contribution in [3.8, 4) is 0 Å². The number of halogens is 1. The van der Waals surface area contributed by atoms with Crippen molar-refractivity contribution in [2.75, 3.05) is 13.1 Å². The summed E-state index contributed by atoms with van der Waals surface area (Å²) >= 11 is 5.78. The van der Waals surface area contributed by atoms with Gasteiger partial charge >= 0.3 is 0 Å². The molecule has 1 aromatic carbocycles. The third-order valence-electron chi connectivity index (χ3n) is 2.74. The second-order valence-corrected chi connectivity index (χ2v) is 4.34. The first kappa shape index (κ1) is 12.6. The van der Waals surface area contributed by atoms with Crippen molar-refractivity contribution in [1.82, 2.24) is 4.90 Å². The number of carbonyl (C=O) groups is 1. The van der Waals surface area contributed by atoms with Crippen molar-refractivity contribution >= 4 is 23.2 Å². The van der Waals surface area contributed by atoms with Gasteiger partial charge in [-0.1, -0.05) is 23.8 Å². The van der Waals surface area contributed by atoms with Crippen molar-refractivity contribution in [1.29, 1.82) is 0 Å². The van der Waals surface area contributed by atoms with Crippen LogP contribution in [-0.2, 0) is 0 Å². The van der Waals surface area contributed by atoms with E-state index in [0.717, 1.165) is 6.42 Å². The number of nitro benzene ring substituents is 1. The van der Waals surface area contributed by atoms with Crippen LogP contribution in [0.25, 0.3) is 0 Å². The Morgan fingerprint density at radius 1 is 1.39 bits per heavy atom. The van der Waals surface area contributed by atoms with E-state index in [2.05, 4.69) is 0 Å². The highest BCUT2D eigenvalue weighted by Gasteiger charge is 2.19. The van der Waals surface area contributed by atoms with E-state index in [1.54, 1.807) is 4.90 Å². The third-order valence-corrected chi connectivity index (χ3v) is 3.04. The zero-order chi connectivity index (χ0) is 13.1. The number of hydrogen-bond acceptors (Lipinski definition) is 3. The van der Waals surface area contributed by atoms with Crippen molar-refractivity contribution in [2.24, 2.45) is 0 Å². The van der Waals surface area contributed by atoms with Crippen LogP contribution in [-0.4, -0.2) is 28.8 Å². The number of rotatable bonds is 2. The molecule has 18 heavy (non-hydrogen) atoms. The van der Waals surface area contributed by atoms with Crippen LogP contribution in [0.2, 0.25) is 5.02 Å². The highest BCUT2D eigenvalue weighted by Crippen LogP contribution is 2.25. The second-order valence-electron chi connectivity index (χ2n) is 3.93. The van der Waals surface area contributed by atoms with E-state index in [4.69, 9.17) is 11.6 Å². The first-order chi connectivity index (χ1) is 8.59. The number of nitro groups is 1. The Bertz CT molecular complexity index is 528. The molecule has 0 aliphatic carbocycles. The molecular formula is C12H11ClN2O3. The molecule has 2 rings (SSSR count). The number of hydrogen-bond donors (Lipinski definition) is 0. The van der Waals surface area contributed by atoms with Gasteiger partial charge in [0.05, 0.1) is 4.92 Å². The van der Waals surface area contributed by atoms with E-state index in [1.165, 1.54) is 18.2 Å². The summed E-state index contributed by atoms with van der Waals surface area (Å²) in [6.45, 7) is 1.22. The van der Waals surface area contributed by atoms with Gasteiger partial charge < -0.3 is 4.90 Å². The molecular weight excluding hydrogens is 256 g/mol. The lowest BCUT2D eigenvalue weighted by Crippen LogP contribution is -2.33. The lowest BCUT2D eigenvalue weighted by atomic mass is 10.1. The van der Waals surface area contributed by atoms with E-state index in [-0.39, 0.29) is 16.6 Å². The van der Waals surface area contributed by atoms with Crippen LogP contribution in [0.4, 0.5) is 5.69 Å². The summed E-state index contributed by atoms with van der Waals surface area (Å²) in [5.74, 6) is -0.156. The van der Waals surface area contributed by atoms with Gasteiger partial charge in [0.25, 0.3) is 11.6 Å². The SMILES string of the molecule is O=C(c1ccc([N+](=O)[O-])c(Cl)c1)N1CC=CCC1. The predicted octanol–water partition coefficient (Wildman–Crippen LogP) is 2.65. The summed E-state index contributed by atoms with van der Waals surface area (Å²) in [5.41, 5.74) is 0.188. The fraction of sp³-hybridized carbons (Fsp3) is 0.250. The minimum Gasteiger partial charge on any atom is -0.335 e. The fourth-order valence-electron chi connectivity index (χ4n) is 1.80. The predicted molar refractivity (Wildman–Crippen MR) is 67.8 cm³/mol. The fourth-order valence-corrected chi connectivity index (χ4v) is 2.05. The van der Waals surface area contributed by atoms with E-state index >= 15 is 0 Å². The van der Waals surface area contributed by atoms with Crippen LogP contribution in [0.5, 0.6) is 0 Å². The first-order valence-corrected chi connectivity index (χ1v) is 5.85. The highest BCUT2D eigenvalue weighted by molar-refractivity contribution is 6.33. The van der Waals surface area contributed by atoms with E-state index in [0.29, 0.717) is 18.7 Å². The Morgan fingerprint density at radius 2 is 2.17 bits per heavy atom. The molecule has 6 heteroatoms. The normalized spacial score (nSPS) is 14.6. The number of nitrogens with zero attached hydrogens (tertiary/aromatic N) is 2. The molecule has 0 atom stereocenters. The van der Waals surface area contributed by atoms with E-state index in [1.807, 2.05) is 12.2 Å². The van der Waals surface area contributed by atoms with Gasteiger partial charge in [-0.05, 0) is 18.6 Å². The molecule has 1 heterocycles. The minimum atomic E-state index is -0.569. The van der Waals surface area contributed by atoms with Crippen molar-refractivity contribution in [2.45, 2.75) is 6.42 Å². The van der Waals surface area contributed by atoms with Crippen molar-refractivity contribution < 1.29 is 9.72 Å². The topological polar surface area (TPSA) is 63.4 Å². The molecule has 0 fully saturated rings. The van der Waals surface area contributed by atoms with Crippen LogP contribution in [0.15, 0.2) is 30.4 Å². The van der Waals surface area contributed by atoms with E-state index < -0.39 is 4.92 Å². The molecule has 94 valence electrons. The average Bonchev–Trinajstić information content (AvgIpc) is 2.38. The maximum absolute atomic E-state index is 12.1. The average molecular weight is 267 g/mol. The number of carbonyl (C=O) groups excluding carboxylic acids is 1. The summed E-state index contributed by atoms with van der Waals surface area (Å²) in [6, 6.07) is 4.04. The quantitative estimate of drug-likeness (QED) is 0.470. The van der Waals surface area contributed by atoms with Gasteiger partial charge in [-0.15, -0.1) is 0 Å². The molecule has 0 radical (unpaired) electrons. The second kappa shape index (κ2) is 5.18. The molecule has 0 N–H and O–H groups in total. The summed E-state index contributed by atoms with van der Waals surface area (Å²) in [6.07, 6.45) is 4.77. The molecule has 0 saturated carbocycles. The Labute approximate surface area is 109 Å². The molecule has 5 nitrogen and oxygen atoms in total. The lowest BCUT2D eigenvalue weighted by molar-refractivity contribution is -0.384. The van der Waals surface area contributed by atoms with Crippen molar-refractivity contribution in [3.05, 3.63) is 51.1 Å².